The van der Waals surface area contributed by atoms with Crippen LogP contribution in [0, 0.1) is 0 Å². The van der Waals surface area contributed by atoms with Gasteiger partial charge in [0.25, 0.3) is 5.91 Å². The molecule has 0 saturated carbocycles. The number of H-pyrrole nitrogens is 1. The third kappa shape index (κ3) is 2.34. The van der Waals surface area contributed by atoms with Gasteiger partial charge in [0, 0.05) is 23.3 Å². The molecule has 21 heavy (non-hydrogen) atoms. The molecule has 0 aliphatic rings. The maximum atomic E-state index is 12.3. The highest BCUT2D eigenvalue weighted by Crippen LogP contribution is 2.20. The van der Waals surface area contributed by atoms with Crippen molar-refractivity contribution in [1.82, 2.24) is 9.97 Å². The fourth-order valence-electron chi connectivity index (χ4n) is 2.13. The van der Waals surface area contributed by atoms with E-state index in [0.29, 0.717) is 5.56 Å². The number of nitrogens with zero attached hydrogens (tertiary/aromatic N) is 1. The van der Waals surface area contributed by atoms with Gasteiger partial charge in [-0.1, -0.05) is 18.2 Å². The lowest BCUT2D eigenvalue weighted by atomic mass is 10.1. The molecule has 0 saturated heterocycles. The number of aromatic carboxylic acids is 1. The van der Waals surface area contributed by atoms with E-state index in [4.69, 9.17) is 5.11 Å². The van der Waals surface area contributed by atoms with E-state index in [2.05, 4.69) is 15.3 Å². The van der Waals surface area contributed by atoms with Gasteiger partial charge < -0.3 is 15.4 Å². The molecule has 1 aromatic carbocycles. The summed E-state index contributed by atoms with van der Waals surface area (Å²) in [5.41, 5.74) is 1.46. The van der Waals surface area contributed by atoms with E-state index >= 15 is 0 Å². The molecule has 0 spiro atoms. The second-order valence-electron chi connectivity index (χ2n) is 4.43. The lowest BCUT2D eigenvalue weighted by Crippen LogP contribution is -2.14. The van der Waals surface area contributed by atoms with Crippen molar-refractivity contribution < 1.29 is 14.7 Å². The fourth-order valence-corrected chi connectivity index (χ4v) is 2.13. The Morgan fingerprint density at radius 1 is 1.14 bits per heavy atom. The molecule has 3 rings (SSSR count). The molecule has 0 radical (unpaired) electrons. The van der Waals surface area contributed by atoms with Crippen LogP contribution in [-0.2, 0) is 0 Å². The van der Waals surface area contributed by atoms with Gasteiger partial charge in [0.2, 0.25) is 0 Å². The number of pyridine rings is 1. The molecule has 2 heterocycles. The number of benzene rings is 1. The summed E-state index contributed by atoms with van der Waals surface area (Å²) in [6.45, 7) is 0. The summed E-state index contributed by atoms with van der Waals surface area (Å²) in [5.74, 6) is -1.51. The number of hydrogen-bond donors (Lipinski definition) is 3. The maximum absolute atomic E-state index is 12.3. The molecule has 6 heteroatoms. The van der Waals surface area contributed by atoms with Gasteiger partial charge in [-0.25, -0.2) is 4.79 Å². The van der Waals surface area contributed by atoms with E-state index < -0.39 is 5.97 Å². The molecule has 104 valence electrons. The topological polar surface area (TPSA) is 95.1 Å². The van der Waals surface area contributed by atoms with E-state index in [1.165, 1.54) is 18.5 Å². The molecule has 0 unspecified atom stereocenters. The van der Waals surface area contributed by atoms with Crippen LogP contribution in [0.15, 0.2) is 48.9 Å². The minimum absolute atomic E-state index is 0.00167. The molecule has 0 aliphatic heterocycles. The van der Waals surface area contributed by atoms with Crippen LogP contribution in [0.1, 0.15) is 20.7 Å². The highest BCUT2D eigenvalue weighted by Gasteiger charge is 2.16. The number of aromatic amines is 1. The first-order valence-electron chi connectivity index (χ1n) is 6.21. The molecule has 2 aromatic heterocycles. The first-order valence-corrected chi connectivity index (χ1v) is 6.21. The van der Waals surface area contributed by atoms with Crippen LogP contribution in [0.5, 0.6) is 0 Å². The molecule has 3 N–H and O–H groups in total. The Balaban J connectivity index is 1.96. The Morgan fingerprint density at radius 2 is 1.95 bits per heavy atom. The second kappa shape index (κ2) is 5.09. The largest absolute Gasteiger partial charge is 0.478 e. The predicted octanol–water partition coefficient (Wildman–Crippen LogP) is 2.51. The molecule has 6 nitrogen and oxygen atoms in total. The molecular formula is C15H11N3O3. The third-order valence-electron chi connectivity index (χ3n) is 3.13. The van der Waals surface area contributed by atoms with Crippen molar-refractivity contribution in [3.8, 4) is 0 Å². The van der Waals surface area contributed by atoms with Crippen molar-refractivity contribution in [2.24, 2.45) is 0 Å². The van der Waals surface area contributed by atoms with Crippen molar-refractivity contribution in [2.75, 3.05) is 5.32 Å². The molecule has 0 aliphatic carbocycles. The van der Waals surface area contributed by atoms with E-state index in [9.17, 15) is 9.59 Å². The zero-order valence-corrected chi connectivity index (χ0v) is 10.8. The molecule has 1 amide bonds. The number of amides is 1. The average molecular weight is 281 g/mol. The summed E-state index contributed by atoms with van der Waals surface area (Å²) in [4.78, 5) is 30.3. The van der Waals surface area contributed by atoms with Gasteiger partial charge in [-0.15, -0.1) is 0 Å². The van der Waals surface area contributed by atoms with Crippen molar-refractivity contribution in [3.63, 3.8) is 0 Å². The summed E-state index contributed by atoms with van der Waals surface area (Å²) in [7, 11) is 0. The van der Waals surface area contributed by atoms with Gasteiger partial charge in [-0.05, 0) is 12.1 Å². The number of carbonyl (C=O) groups excluding carboxylic acids is 1. The number of aromatic nitrogens is 2. The van der Waals surface area contributed by atoms with Crippen molar-refractivity contribution in [1.29, 1.82) is 0 Å². The van der Waals surface area contributed by atoms with Gasteiger partial charge in [0.1, 0.15) is 0 Å². The second-order valence-corrected chi connectivity index (χ2v) is 4.43. The van der Waals surface area contributed by atoms with Crippen LogP contribution < -0.4 is 5.32 Å². The van der Waals surface area contributed by atoms with Crippen LogP contribution in [0.25, 0.3) is 10.9 Å². The number of fused-ring (bicyclic) bond motifs is 1. The minimum atomic E-state index is -1.12. The number of nitrogens with one attached hydrogen (secondary N) is 2. The Bertz CT molecular complexity index is 839. The Kier molecular flexibility index (Phi) is 3.12. The molecule has 0 fully saturated rings. The van der Waals surface area contributed by atoms with Gasteiger partial charge in [0.15, 0.2) is 0 Å². The number of carboxylic acids is 1. The Labute approximate surface area is 119 Å². The van der Waals surface area contributed by atoms with E-state index in [0.717, 1.165) is 10.9 Å². The van der Waals surface area contributed by atoms with Crippen molar-refractivity contribution in [3.05, 3.63) is 60.0 Å². The average Bonchev–Trinajstić information content (AvgIpc) is 2.91. The number of carbonyl (C=O) groups is 2. The van der Waals surface area contributed by atoms with Crippen molar-refractivity contribution in [2.45, 2.75) is 0 Å². The first-order chi connectivity index (χ1) is 10.2. The lowest BCUT2D eigenvalue weighted by molar-refractivity contribution is 0.0698. The van der Waals surface area contributed by atoms with Crippen LogP contribution in [0.4, 0.5) is 5.69 Å². The van der Waals surface area contributed by atoms with Gasteiger partial charge in [-0.3, -0.25) is 9.78 Å². The highest BCUT2D eigenvalue weighted by molar-refractivity contribution is 6.14. The summed E-state index contributed by atoms with van der Waals surface area (Å²) in [6.07, 6.45) is 4.28. The lowest BCUT2D eigenvalue weighted by Gasteiger charge is -2.07. The molecular weight excluding hydrogens is 270 g/mol. The van der Waals surface area contributed by atoms with E-state index in [1.807, 2.05) is 24.3 Å². The van der Waals surface area contributed by atoms with Crippen LogP contribution >= 0.6 is 0 Å². The third-order valence-corrected chi connectivity index (χ3v) is 3.13. The minimum Gasteiger partial charge on any atom is -0.478 e. The fraction of sp³-hybridized carbons (Fsp3) is 0. The van der Waals surface area contributed by atoms with Crippen LogP contribution in [0.2, 0.25) is 0 Å². The quantitative estimate of drug-likeness (QED) is 0.687. The zero-order valence-electron chi connectivity index (χ0n) is 10.8. The number of rotatable bonds is 3. The Morgan fingerprint density at radius 3 is 2.76 bits per heavy atom. The Hall–Kier alpha value is -3.15. The van der Waals surface area contributed by atoms with Crippen LogP contribution in [0.3, 0.4) is 0 Å². The number of anilines is 1. The monoisotopic (exact) mass is 281 g/mol. The smallest absolute Gasteiger partial charge is 0.337 e. The molecule has 3 aromatic rings. The van der Waals surface area contributed by atoms with E-state index in [-0.39, 0.29) is 17.2 Å². The van der Waals surface area contributed by atoms with E-state index in [1.54, 1.807) is 6.20 Å². The zero-order chi connectivity index (χ0) is 14.8. The maximum Gasteiger partial charge on any atom is 0.337 e. The van der Waals surface area contributed by atoms with Gasteiger partial charge in [-0.2, -0.15) is 0 Å². The number of hydrogen-bond acceptors (Lipinski definition) is 3. The highest BCUT2D eigenvalue weighted by atomic mass is 16.4. The molecule has 0 atom stereocenters. The summed E-state index contributed by atoms with van der Waals surface area (Å²) in [6, 6.07) is 8.72. The SMILES string of the molecule is O=C(O)c1ccncc1NC(=O)c1c[nH]c2ccccc12. The predicted molar refractivity (Wildman–Crippen MR) is 77.4 cm³/mol. The first kappa shape index (κ1) is 12.9. The number of carboxylic acid groups (broad SMARTS) is 1. The standard InChI is InChI=1S/C15H11N3O3/c19-14(11-7-17-12-4-2-1-3-9(11)12)18-13-8-16-6-5-10(13)15(20)21/h1-8,17H,(H,18,19)(H,20,21). The van der Waals surface area contributed by atoms with Gasteiger partial charge >= 0.3 is 5.97 Å². The summed E-state index contributed by atoms with van der Waals surface area (Å²) in [5, 5.41) is 12.5. The normalized spacial score (nSPS) is 10.5. The van der Waals surface area contributed by atoms with Crippen molar-refractivity contribution >= 4 is 28.5 Å². The summed E-state index contributed by atoms with van der Waals surface area (Å²) >= 11 is 0. The van der Waals surface area contributed by atoms with Crippen LogP contribution in [-0.4, -0.2) is 27.0 Å². The molecule has 0 bridgehead atoms. The number of para-hydroxylation sites is 1. The summed E-state index contributed by atoms with van der Waals surface area (Å²) < 4.78 is 0. The van der Waals surface area contributed by atoms with Gasteiger partial charge in [0.05, 0.1) is 23.0 Å².